The van der Waals surface area contributed by atoms with Crippen LogP contribution >= 0.6 is 0 Å². The van der Waals surface area contributed by atoms with Crippen LogP contribution in [0.25, 0.3) is 0 Å². The second-order valence-electron chi connectivity index (χ2n) is 5.09. The molecule has 0 radical (unpaired) electrons. The molecule has 2 rings (SSSR count). The molecule has 0 fully saturated rings. The van der Waals surface area contributed by atoms with E-state index >= 15 is 0 Å². The quantitative estimate of drug-likeness (QED) is 0.906. The van der Waals surface area contributed by atoms with Gasteiger partial charge in [0.1, 0.15) is 6.04 Å². The largest absolute Gasteiger partial charge is 0.341 e. The van der Waals surface area contributed by atoms with E-state index in [1.165, 1.54) is 6.92 Å². The first-order valence-electron chi connectivity index (χ1n) is 6.66. The fourth-order valence-electron chi connectivity index (χ4n) is 2.71. The highest BCUT2D eigenvalue weighted by atomic mass is 16.2. The Morgan fingerprint density at radius 2 is 1.95 bits per heavy atom. The lowest BCUT2D eigenvalue weighted by molar-refractivity contribution is -0.126. The van der Waals surface area contributed by atoms with Crippen molar-refractivity contribution in [1.82, 2.24) is 5.32 Å². The summed E-state index contributed by atoms with van der Waals surface area (Å²) in [5.74, 6) is -0.201. The second-order valence-corrected chi connectivity index (χ2v) is 5.09. The minimum atomic E-state index is -0.529. The third-order valence-corrected chi connectivity index (χ3v) is 3.50. The standard InChI is InChI=1S/C15H20N2O2/c1-5-8-17-14-10(3)7-6-9(2)12(14)13(15(17)19)16-11(4)18/h6-7,13H,5,8H2,1-4H3,(H,16,18). The molecule has 1 aliphatic rings. The van der Waals surface area contributed by atoms with Gasteiger partial charge in [0, 0.05) is 19.0 Å². The van der Waals surface area contributed by atoms with Crippen molar-refractivity contribution in [2.75, 3.05) is 11.4 Å². The van der Waals surface area contributed by atoms with E-state index in [1.807, 2.05) is 32.9 Å². The number of anilines is 1. The Balaban J connectivity index is 2.56. The van der Waals surface area contributed by atoms with Crippen molar-refractivity contribution in [3.63, 3.8) is 0 Å². The SMILES string of the molecule is CCCN1C(=O)C(NC(C)=O)c2c(C)ccc(C)c21. The van der Waals surface area contributed by atoms with Crippen molar-refractivity contribution in [3.8, 4) is 0 Å². The van der Waals surface area contributed by atoms with Crippen LogP contribution in [0.4, 0.5) is 5.69 Å². The first-order valence-corrected chi connectivity index (χ1v) is 6.66. The molecule has 4 heteroatoms. The topological polar surface area (TPSA) is 49.4 Å². The number of benzene rings is 1. The number of fused-ring (bicyclic) bond motifs is 1. The molecule has 1 heterocycles. The monoisotopic (exact) mass is 260 g/mol. The van der Waals surface area contributed by atoms with Gasteiger partial charge in [0.05, 0.1) is 5.69 Å². The van der Waals surface area contributed by atoms with Gasteiger partial charge in [0.25, 0.3) is 5.91 Å². The Kier molecular flexibility index (Phi) is 3.60. The molecule has 4 nitrogen and oxygen atoms in total. The van der Waals surface area contributed by atoms with E-state index in [9.17, 15) is 9.59 Å². The van der Waals surface area contributed by atoms with Crippen LogP contribution in [0.2, 0.25) is 0 Å². The first kappa shape index (κ1) is 13.6. The molecule has 1 aliphatic heterocycles. The molecule has 1 N–H and O–H groups in total. The molecule has 1 aromatic rings. The van der Waals surface area contributed by atoms with Gasteiger partial charge < -0.3 is 10.2 Å². The van der Waals surface area contributed by atoms with Gasteiger partial charge in [-0.2, -0.15) is 0 Å². The highest BCUT2D eigenvalue weighted by Gasteiger charge is 2.39. The molecule has 1 unspecified atom stereocenters. The average Bonchev–Trinajstić information content (AvgIpc) is 2.60. The Labute approximate surface area is 113 Å². The zero-order valence-electron chi connectivity index (χ0n) is 11.9. The summed E-state index contributed by atoms with van der Waals surface area (Å²) in [5.41, 5.74) is 4.06. The number of hydrogen-bond acceptors (Lipinski definition) is 2. The lowest BCUT2D eigenvalue weighted by Crippen LogP contribution is -2.37. The molecular weight excluding hydrogens is 240 g/mol. The number of nitrogens with zero attached hydrogens (tertiary/aromatic N) is 1. The van der Waals surface area contributed by atoms with E-state index in [2.05, 4.69) is 5.32 Å². The molecular formula is C15H20N2O2. The van der Waals surface area contributed by atoms with Crippen LogP contribution in [0.15, 0.2) is 12.1 Å². The molecule has 19 heavy (non-hydrogen) atoms. The van der Waals surface area contributed by atoms with Crippen LogP contribution in [-0.4, -0.2) is 18.4 Å². The van der Waals surface area contributed by atoms with Gasteiger partial charge in [-0.25, -0.2) is 0 Å². The Morgan fingerprint density at radius 1 is 1.32 bits per heavy atom. The van der Waals surface area contributed by atoms with Gasteiger partial charge in [-0.1, -0.05) is 19.1 Å². The number of nitrogens with one attached hydrogen (secondary N) is 1. The van der Waals surface area contributed by atoms with Crippen LogP contribution in [-0.2, 0) is 9.59 Å². The average molecular weight is 260 g/mol. The van der Waals surface area contributed by atoms with Crippen molar-refractivity contribution < 1.29 is 9.59 Å². The summed E-state index contributed by atoms with van der Waals surface area (Å²) in [6.45, 7) is 8.16. The molecule has 102 valence electrons. The Morgan fingerprint density at radius 3 is 2.53 bits per heavy atom. The highest BCUT2D eigenvalue weighted by Crippen LogP contribution is 2.40. The molecule has 0 aliphatic carbocycles. The predicted octanol–water partition coefficient (Wildman–Crippen LogP) is 2.24. The molecule has 0 saturated carbocycles. The molecule has 1 atom stereocenters. The van der Waals surface area contributed by atoms with Gasteiger partial charge >= 0.3 is 0 Å². The van der Waals surface area contributed by atoms with E-state index in [4.69, 9.17) is 0 Å². The van der Waals surface area contributed by atoms with Crippen LogP contribution in [0, 0.1) is 13.8 Å². The van der Waals surface area contributed by atoms with Crippen molar-refractivity contribution in [3.05, 3.63) is 28.8 Å². The molecule has 0 bridgehead atoms. The molecule has 1 aromatic carbocycles. The maximum atomic E-state index is 12.5. The normalized spacial score (nSPS) is 17.6. The van der Waals surface area contributed by atoms with Gasteiger partial charge in [0.2, 0.25) is 5.91 Å². The zero-order valence-corrected chi connectivity index (χ0v) is 11.9. The van der Waals surface area contributed by atoms with Crippen LogP contribution < -0.4 is 10.2 Å². The van der Waals surface area contributed by atoms with E-state index in [1.54, 1.807) is 4.90 Å². The van der Waals surface area contributed by atoms with Gasteiger partial charge in [0.15, 0.2) is 0 Å². The molecule has 0 aromatic heterocycles. The fourth-order valence-corrected chi connectivity index (χ4v) is 2.71. The van der Waals surface area contributed by atoms with E-state index in [-0.39, 0.29) is 11.8 Å². The van der Waals surface area contributed by atoms with Crippen LogP contribution in [0.5, 0.6) is 0 Å². The molecule has 0 spiro atoms. The van der Waals surface area contributed by atoms with Crippen LogP contribution in [0.1, 0.15) is 43.0 Å². The van der Waals surface area contributed by atoms with E-state index in [0.717, 1.165) is 28.8 Å². The number of rotatable bonds is 3. The fraction of sp³-hybridized carbons (Fsp3) is 0.467. The van der Waals surface area contributed by atoms with Crippen molar-refractivity contribution in [2.45, 2.75) is 40.2 Å². The number of amides is 2. The van der Waals surface area contributed by atoms with E-state index < -0.39 is 6.04 Å². The van der Waals surface area contributed by atoms with E-state index in [0.29, 0.717) is 6.54 Å². The summed E-state index contributed by atoms with van der Waals surface area (Å²) >= 11 is 0. The van der Waals surface area contributed by atoms with Gasteiger partial charge in [-0.05, 0) is 31.4 Å². The smallest absolute Gasteiger partial charge is 0.254 e. The summed E-state index contributed by atoms with van der Waals surface area (Å²) in [6, 6.07) is 3.50. The third-order valence-electron chi connectivity index (χ3n) is 3.50. The summed E-state index contributed by atoms with van der Waals surface area (Å²) < 4.78 is 0. The highest BCUT2D eigenvalue weighted by molar-refractivity contribution is 6.07. The minimum absolute atomic E-state index is 0.0237. The molecule has 2 amide bonds. The van der Waals surface area contributed by atoms with Crippen molar-refractivity contribution >= 4 is 17.5 Å². The number of aryl methyl sites for hydroxylation is 2. The molecule has 0 saturated heterocycles. The second kappa shape index (κ2) is 5.03. The lowest BCUT2D eigenvalue weighted by Gasteiger charge is -2.18. The first-order chi connectivity index (χ1) is 8.97. The maximum Gasteiger partial charge on any atom is 0.254 e. The number of carbonyl (C=O) groups is 2. The Bertz CT molecular complexity index is 537. The third kappa shape index (κ3) is 2.23. The summed E-state index contributed by atoms with van der Waals surface area (Å²) in [6.07, 6.45) is 0.894. The summed E-state index contributed by atoms with van der Waals surface area (Å²) in [5, 5.41) is 2.77. The lowest BCUT2D eigenvalue weighted by atomic mass is 9.99. The minimum Gasteiger partial charge on any atom is -0.341 e. The van der Waals surface area contributed by atoms with Crippen molar-refractivity contribution in [1.29, 1.82) is 0 Å². The number of carbonyl (C=O) groups excluding carboxylic acids is 2. The maximum absolute atomic E-state index is 12.5. The number of hydrogen-bond donors (Lipinski definition) is 1. The van der Waals surface area contributed by atoms with Crippen LogP contribution in [0.3, 0.4) is 0 Å². The predicted molar refractivity (Wildman–Crippen MR) is 75.1 cm³/mol. The summed E-state index contributed by atoms with van der Waals surface area (Å²) in [7, 11) is 0. The van der Waals surface area contributed by atoms with Crippen molar-refractivity contribution in [2.24, 2.45) is 0 Å². The Hall–Kier alpha value is -1.84. The summed E-state index contributed by atoms with van der Waals surface area (Å²) in [4.78, 5) is 25.6. The van der Waals surface area contributed by atoms with Gasteiger partial charge in [-0.3, -0.25) is 9.59 Å². The van der Waals surface area contributed by atoms with Gasteiger partial charge in [-0.15, -0.1) is 0 Å². The zero-order chi connectivity index (χ0) is 14.2.